The maximum absolute atomic E-state index is 5.74. The van der Waals surface area contributed by atoms with Gasteiger partial charge < -0.3 is 0 Å². The third-order valence-electron chi connectivity index (χ3n) is 2.69. The predicted molar refractivity (Wildman–Crippen MR) is 58.6 cm³/mol. The molecule has 5 heteroatoms. The third-order valence-corrected chi connectivity index (χ3v) is 3.70. The Morgan fingerprint density at radius 3 is 2.79 bits per heavy atom. The van der Waals surface area contributed by atoms with Gasteiger partial charge in [-0.3, -0.25) is 4.90 Å². The summed E-state index contributed by atoms with van der Waals surface area (Å²) in [5, 5.41) is 8.87. The van der Waals surface area contributed by atoms with E-state index in [4.69, 9.17) is 11.6 Å². The minimum atomic E-state index is 0.542. The summed E-state index contributed by atoms with van der Waals surface area (Å²) < 4.78 is 0.542. The lowest BCUT2D eigenvalue weighted by Crippen LogP contribution is -2.26. The van der Waals surface area contributed by atoms with Crippen molar-refractivity contribution in [2.75, 3.05) is 6.54 Å². The van der Waals surface area contributed by atoms with Crippen molar-refractivity contribution in [3.05, 3.63) is 9.47 Å². The van der Waals surface area contributed by atoms with Crippen LogP contribution < -0.4 is 0 Å². The quantitative estimate of drug-likeness (QED) is 0.783. The van der Waals surface area contributed by atoms with Crippen LogP contribution in [0, 0.1) is 5.92 Å². The Hall–Kier alpha value is -0.190. The summed E-state index contributed by atoms with van der Waals surface area (Å²) in [4.78, 5) is 2.45. The van der Waals surface area contributed by atoms with Gasteiger partial charge in [-0.25, -0.2) is 0 Å². The van der Waals surface area contributed by atoms with Crippen LogP contribution in [0.25, 0.3) is 0 Å². The van der Waals surface area contributed by atoms with E-state index in [0.29, 0.717) is 10.5 Å². The normalized spacial score (nSPS) is 28.5. The standard InChI is InChI=1S/C9H14ClN3S/c1-6-3-7(2)13(4-6)5-8-11-12-9(10)14-8/h6-7H,3-5H2,1-2H3. The molecule has 0 amide bonds. The van der Waals surface area contributed by atoms with Gasteiger partial charge in [0.25, 0.3) is 0 Å². The van der Waals surface area contributed by atoms with Gasteiger partial charge in [-0.15, -0.1) is 10.2 Å². The molecule has 1 saturated heterocycles. The van der Waals surface area contributed by atoms with Gasteiger partial charge in [-0.05, 0) is 30.9 Å². The summed E-state index contributed by atoms with van der Waals surface area (Å²) in [5.74, 6) is 0.799. The highest BCUT2D eigenvalue weighted by Crippen LogP contribution is 2.25. The van der Waals surface area contributed by atoms with Gasteiger partial charge >= 0.3 is 0 Å². The van der Waals surface area contributed by atoms with Crippen molar-refractivity contribution in [3.8, 4) is 0 Å². The van der Waals surface area contributed by atoms with Crippen LogP contribution >= 0.6 is 22.9 Å². The van der Waals surface area contributed by atoms with Gasteiger partial charge in [-0.2, -0.15) is 0 Å². The fourth-order valence-electron chi connectivity index (χ4n) is 2.08. The first kappa shape index (κ1) is 10.3. The molecule has 0 aliphatic carbocycles. The first-order valence-electron chi connectivity index (χ1n) is 4.87. The van der Waals surface area contributed by atoms with Gasteiger partial charge in [0.1, 0.15) is 5.01 Å². The molecule has 1 aromatic heterocycles. The molecule has 0 spiro atoms. The van der Waals surface area contributed by atoms with Crippen molar-refractivity contribution in [3.63, 3.8) is 0 Å². The Morgan fingerprint density at radius 2 is 2.29 bits per heavy atom. The molecule has 0 bridgehead atoms. The lowest BCUT2D eigenvalue weighted by atomic mass is 10.1. The fourth-order valence-corrected chi connectivity index (χ4v) is 2.97. The summed E-state index contributed by atoms with van der Waals surface area (Å²) >= 11 is 7.22. The van der Waals surface area contributed by atoms with Crippen LogP contribution in [-0.4, -0.2) is 27.7 Å². The smallest absolute Gasteiger partial charge is 0.207 e. The van der Waals surface area contributed by atoms with Crippen LogP contribution in [0.4, 0.5) is 0 Å². The number of halogens is 1. The molecular weight excluding hydrogens is 218 g/mol. The summed E-state index contributed by atoms with van der Waals surface area (Å²) in [5.41, 5.74) is 0. The maximum atomic E-state index is 5.74. The van der Waals surface area contributed by atoms with Gasteiger partial charge in [-0.1, -0.05) is 18.3 Å². The average Bonchev–Trinajstić information content (AvgIpc) is 2.61. The Morgan fingerprint density at radius 1 is 1.50 bits per heavy atom. The first-order valence-corrected chi connectivity index (χ1v) is 6.06. The molecule has 0 aromatic carbocycles. The zero-order chi connectivity index (χ0) is 10.1. The highest BCUT2D eigenvalue weighted by atomic mass is 35.5. The molecule has 3 nitrogen and oxygen atoms in total. The van der Waals surface area contributed by atoms with E-state index in [1.807, 2.05) is 0 Å². The molecule has 1 aliphatic rings. The molecule has 1 aromatic rings. The van der Waals surface area contributed by atoms with E-state index in [1.54, 1.807) is 0 Å². The largest absolute Gasteiger partial charge is 0.294 e. The molecule has 14 heavy (non-hydrogen) atoms. The van der Waals surface area contributed by atoms with Crippen LogP contribution in [0.15, 0.2) is 0 Å². The molecule has 0 N–H and O–H groups in total. The monoisotopic (exact) mass is 231 g/mol. The Labute approximate surface area is 93.1 Å². The number of nitrogens with zero attached hydrogens (tertiary/aromatic N) is 3. The number of hydrogen-bond donors (Lipinski definition) is 0. The zero-order valence-corrected chi connectivity index (χ0v) is 9.98. The second-order valence-corrected chi connectivity index (χ2v) is 5.71. The topological polar surface area (TPSA) is 29.0 Å². The van der Waals surface area contributed by atoms with E-state index in [0.717, 1.165) is 17.5 Å². The van der Waals surface area contributed by atoms with Crippen LogP contribution in [0.3, 0.4) is 0 Å². The molecule has 0 radical (unpaired) electrons. The Bertz CT molecular complexity index is 315. The molecule has 1 aliphatic heterocycles. The number of aromatic nitrogens is 2. The van der Waals surface area contributed by atoms with Crippen molar-refractivity contribution < 1.29 is 0 Å². The van der Waals surface area contributed by atoms with Crippen molar-refractivity contribution in [1.82, 2.24) is 15.1 Å². The van der Waals surface area contributed by atoms with Crippen LogP contribution in [0.2, 0.25) is 4.47 Å². The van der Waals surface area contributed by atoms with Crippen molar-refractivity contribution in [2.24, 2.45) is 5.92 Å². The highest BCUT2D eigenvalue weighted by molar-refractivity contribution is 7.15. The van der Waals surface area contributed by atoms with E-state index in [-0.39, 0.29) is 0 Å². The predicted octanol–water partition coefficient (Wildman–Crippen LogP) is 2.42. The fraction of sp³-hybridized carbons (Fsp3) is 0.778. The van der Waals surface area contributed by atoms with Gasteiger partial charge in [0.15, 0.2) is 0 Å². The average molecular weight is 232 g/mol. The van der Waals surface area contributed by atoms with Crippen molar-refractivity contribution >= 4 is 22.9 Å². The minimum absolute atomic E-state index is 0.542. The summed E-state index contributed by atoms with van der Waals surface area (Å²) in [6.45, 7) is 6.63. The van der Waals surface area contributed by atoms with E-state index in [2.05, 4.69) is 28.9 Å². The number of likely N-dealkylation sites (tertiary alicyclic amines) is 1. The van der Waals surface area contributed by atoms with Gasteiger partial charge in [0.05, 0.1) is 6.54 Å². The van der Waals surface area contributed by atoms with Crippen molar-refractivity contribution in [2.45, 2.75) is 32.9 Å². The molecular formula is C9H14ClN3S. The lowest BCUT2D eigenvalue weighted by Gasteiger charge is -2.18. The summed E-state index contributed by atoms with van der Waals surface area (Å²) in [6.07, 6.45) is 1.28. The van der Waals surface area contributed by atoms with E-state index < -0.39 is 0 Å². The van der Waals surface area contributed by atoms with Crippen molar-refractivity contribution in [1.29, 1.82) is 0 Å². The van der Waals surface area contributed by atoms with E-state index >= 15 is 0 Å². The molecule has 1 fully saturated rings. The molecule has 78 valence electrons. The Kier molecular flexibility index (Phi) is 3.04. The minimum Gasteiger partial charge on any atom is -0.294 e. The van der Waals surface area contributed by atoms with E-state index in [1.165, 1.54) is 24.3 Å². The number of rotatable bonds is 2. The second-order valence-electron chi connectivity index (χ2n) is 4.07. The van der Waals surface area contributed by atoms with Crippen LogP contribution in [0.5, 0.6) is 0 Å². The first-order chi connectivity index (χ1) is 6.65. The second kappa shape index (κ2) is 4.13. The molecule has 2 rings (SSSR count). The zero-order valence-electron chi connectivity index (χ0n) is 8.40. The SMILES string of the molecule is CC1CC(C)N(Cc2nnc(Cl)s2)C1. The molecule has 2 atom stereocenters. The van der Waals surface area contributed by atoms with Crippen LogP contribution in [0.1, 0.15) is 25.3 Å². The summed E-state index contributed by atoms with van der Waals surface area (Å²) in [7, 11) is 0. The Balaban J connectivity index is 1.98. The lowest BCUT2D eigenvalue weighted by molar-refractivity contribution is 0.255. The summed E-state index contributed by atoms with van der Waals surface area (Å²) in [6, 6.07) is 0.660. The van der Waals surface area contributed by atoms with Gasteiger partial charge in [0.2, 0.25) is 4.47 Å². The molecule has 2 unspecified atom stereocenters. The van der Waals surface area contributed by atoms with E-state index in [9.17, 15) is 0 Å². The number of hydrogen-bond acceptors (Lipinski definition) is 4. The highest BCUT2D eigenvalue weighted by Gasteiger charge is 2.26. The molecule has 2 heterocycles. The third kappa shape index (κ3) is 2.24. The van der Waals surface area contributed by atoms with Crippen LogP contribution in [-0.2, 0) is 6.54 Å². The van der Waals surface area contributed by atoms with Gasteiger partial charge in [0, 0.05) is 12.6 Å². The maximum Gasteiger partial charge on any atom is 0.207 e. The molecule has 0 saturated carbocycles.